The van der Waals surface area contributed by atoms with E-state index in [1.165, 1.54) is 0 Å². The van der Waals surface area contributed by atoms with Crippen LogP contribution in [0.25, 0.3) is 22.4 Å². The largest absolute Gasteiger partial charge is 0.337 e. The minimum absolute atomic E-state index is 0.168. The molecule has 2 aromatic carbocycles. The third-order valence-electron chi connectivity index (χ3n) is 4.96. The Morgan fingerprint density at radius 2 is 1.58 bits per heavy atom. The van der Waals surface area contributed by atoms with Gasteiger partial charge >= 0.3 is 0 Å². The quantitative estimate of drug-likeness (QED) is 0.376. The lowest BCUT2D eigenvalue weighted by molar-refractivity contribution is 0.101. The van der Waals surface area contributed by atoms with Crippen LogP contribution in [0.3, 0.4) is 0 Å². The second-order valence-corrected chi connectivity index (χ2v) is 7.24. The van der Waals surface area contributed by atoms with Crippen LogP contribution in [0.15, 0.2) is 91.3 Å². The topological polar surface area (TPSA) is 113 Å². The second-order valence-electron chi connectivity index (χ2n) is 7.24. The van der Waals surface area contributed by atoms with Crippen LogP contribution < -0.4 is 10.6 Å². The summed E-state index contributed by atoms with van der Waals surface area (Å²) in [4.78, 5) is 40.8. The number of amides is 2. The van der Waals surface area contributed by atoms with Crippen molar-refractivity contribution >= 4 is 34.4 Å². The van der Waals surface area contributed by atoms with E-state index < -0.39 is 0 Å². The van der Waals surface area contributed by atoms with Crippen LogP contribution in [0.2, 0.25) is 0 Å². The summed E-state index contributed by atoms with van der Waals surface area (Å²) < 4.78 is 0. The Kier molecular flexibility index (Phi) is 5.30. The second kappa shape index (κ2) is 8.72. The molecule has 5 aromatic rings. The molecular formula is C25H18N6O2. The normalized spacial score (nSPS) is 10.7. The number of hydrogen-bond donors (Lipinski definition) is 3. The Balaban J connectivity index is 1.31. The summed E-state index contributed by atoms with van der Waals surface area (Å²) in [6.07, 6.45) is 3.18. The zero-order valence-corrected chi connectivity index (χ0v) is 17.3. The zero-order valence-electron chi connectivity index (χ0n) is 17.3. The standard InChI is InChI=1S/C25H18N6O2/c32-24(17-6-2-1-3-7-17)28-18-11-9-16(10-12-18)23-29-20-14-22(27-15-21(20)30-23)31-25(33)19-8-4-5-13-26-19/h1-15H,(H,28,32)(H,29,30)(H,27,31,33). The molecule has 0 aliphatic carbocycles. The average Bonchev–Trinajstić information content (AvgIpc) is 3.29. The highest BCUT2D eigenvalue weighted by atomic mass is 16.2. The highest BCUT2D eigenvalue weighted by Crippen LogP contribution is 2.23. The molecule has 3 heterocycles. The van der Waals surface area contributed by atoms with Crippen molar-refractivity contribution in [2.24, 2.45) is 0 Å². The molecule has 8 nitrogen and oxygen atoms in total. The van der Waals surface area contributed by atoms with Gasteiger partial charge in [-0.3, -0.25) is 14.6 Å². The average molecular weight is 434 g/mol. The van der Waals surface area contributed by atoms with E-state index in [1.807, 2.05) is 42.5 Å². The van der Waals surface area contributed by atoms with Crippen molar-refractivity contribution in [1.29, 1.82) is 0 Å². The van der Waals surface area contributed by atoms with Crippen LogP contribution in [0.1, 0.15) is 20.8 Å². The van der Waals surface area contributed by atoms with E-state index in [9.17, 15) is 9.59 Å². The number of hydrogen-bond acceptors (Lipinski definition) is 5. The predicted molar refractivity (Wildman–Crippen MR) is 126 cm³/mol. The molecule has 8 heteroatoms. The predicted octanol–water partition coefficient (Wildman–Crippen LogP) is 4.52. The minimum atomic E-state index is -0.341. The van der Waals surface area contributed by atoms with Crippen molar-refractivity contribution in [3.05, 3.63) is 103 Å². The summed E-state index contributed by atoms with van der Waals surface area (Å²) >= 11 is 0. The van der Waals surface area contributed by atoms with Gasteiger partial charge in [-0.15, -0.1) is 0 Å². The lowest BCUT2D eigenvalue weighted by Crippen LogP contribution is -2.14. The SMILES string of the molecule is O=C(Nc1ccc(-c2nc3cc(NC(=O)c4ccccn4)ncc3[nH]2)cc1)c1ccccc1. The van der Waals surface area contributed by atoms with Gasteiger partial charge in [0.1, 0.15) is 17.3 Å². The van der Waals surface area contributed by atoms with Gasteiger partial charge in [-0.25, -0.2) is 9.97 Å². The van der Waals surface area contributed by atoms with E-state index in [-0.39, 0.29) is 11.8 Å². The Morgan fingerprint density at radius 1 is 0.788 bits per heavy atom. The number of aromatic nitrogens is 4. The van der Waals surface area contributed by atoms with Gasteiger partial charge in [0.15, 0.2) is 0 Å². The third-order valence-corrected chi connectivity index (χ3v) is 4.96. The number of benzene rings is 2. The molecule has 0 bridgehead atoms. The number of rotatable bonds is 5. The maximum atomic E-state index is 12.3. The smallest absolute Gasteiger partial charge is 0.275 e. The van der Waals surface area contributed by atoms with E-state index in [0.717, 1.165) is 11.1 Å². The number of carbonyl (C=O) groups excluding carboxylic acids is 2. The van der Waals surface area contributed by atoms with Crippen LogP contribution in [0.5, 0.6) is 0 Å². The highest BCUT2D eigenvalue weighted by molar-refractivity contribution is 6.04. The molecule has 33 heavy (non-hydrogen) atoms. The molecule has 0 saturated heterocycles. The summed E-state index contributed by atoms with van der Waals surface area (Å²) in [5.41, 5.74) is 3.84. The van der Waals surface area contributed by atoms with E-state index in [0.29, 0.717) is 34.1 Å². The number of nitrogens with zero attached hydrogens (tertiary/aromatic N) is 3. The number of fused-ring (bicyclic) bond motifs is 1. The number of H-pyrrole nitrogens is 1. The summed E-state index contributed by atoms with van der Waals surface area (Å²) in [5.74, 6) is 0.529. The lowest BCUT2D eigenvalue weighted by Gasteiger charge is -2.05. The number of pyridine rings is 2. The molecule has 0 spiro atoms. The van der Waals surface area contributed by atoms with Crippen LogP contribution in [-0.4, -0.2) is 31.8 Å². The third kappa shape index (κ3) is 4.45. The first-order chi connectivity index (χ1) is 16.2. The molecule has 0 saturated carbocycles. The van der Waals surface area contributed by atoms with Crippen molar-refractivity contribution in [2.75, 3.05) is 10.6 Å². The Hall–Kier alpha value is -4.85. The Morgan fingerprint density at radius 3 is 2.33 bits per heavy atom. The first-order valence-corrected chi connectivity index (χ1v) is 10.2. The van der Waals surface area contributed by atoms with Gasteiger partial charge in [0.05, 0.1) is 17.2 Å². The monoisotopic (exact) mass is 434 g/mol. The molecule has 0 atom stereocenters. The number of nitrogens with one attached hydrogen (secondary N) is 3. The Labute approximate surface area is 188 Å². The molecule has 2 amide bonds. The van der Waals surface area contributed by atoms with Crippen molar-refractivity contribution in [2.45, 2.75) is 0 Å². The van der Waals surface area contributed by atoms with Gasteiger partial charge in [0, 0.05) is 29.1 Å². The van der Waals surface area contributed by atoms with Gasteiger partial charge < -0.3 is 15.6 Å². The molecule has 5 rings (SSSR count). The molecule has 0 fully saturated rings. The van der Waals surface area contributed by atoms with Gasteiger partial charge in [-0.05, 0) is 48.5 Å². The fourth-order valence-corrected chi connectivity index (χ4v) is 3.30. The van der Waals surface area contributed by atoms with Gasteiger partial charge in [-0.1, -0.05) is 24.3 Å². The van der Waals surface area contributed by atoms with Gasteiger partial charge in [0.2, 0.25) is 0 Å². The van der Waals surface area contributed by atoms with Crippen molar-refractivity contribution in [3.8, 4) is 11.4 Å². The van der Waals surface area contributed by atoms with Crippen LogP contribution in [0.4, 0.5) is 11.5 Å². The zero-order chi connectivity index (χ0) is 22.6. The summed E-state index contributed by atoms with van der Waals surface area (Å²) in [6, 6.07) is 23.2. The summed E-state index contributed by atoms with van der Waals surface area (Å²) in [5, 5.41) is 5.61. The van der Waals surface area contributed by atoms with Crippen LogP contribution >= 0.6 is 0 Å². The number of carbonyl (C=O) groups is 2. The fourth-order valence-electron chi connectivity index (χ4n) is 3.30. The fraction of sp³-hybridized carbons (Fsp3) is 0. The van der Waals surface area contributed by atoms with Gasteiger partial charge in [0.25, 0.3) is 11.8 Å². The molecule has 3 aromatic heterocycles. The molecule has 3 N–H and O–H groups in total. The van der Waals surface area contributed by atoms with E-state index in [1.54, 1.807) is 48.8 Å². The van der Waals surface area contributed by atoms with Crippen molar-refractivity contribution in [3.63, 3.8) is 0 Å². The number of imidazole rings is 1. The highest BCUT2D eigenvalue weighted by Gasteiger charge is 2.11. The first kappa shape index (κ1) is 20.1. The first-order valence-electron chi connectivity index (χ1n) is 10.2. The maximum Gasteiger partial charge on any atom is 0.275 e. The van der Waals surface area contributed by atoms with E-state index in [2.05, 4.69) is 30.6 Å². The summed E-state index contributed by atoms with van der Waals surface area (Å²) in [6.45, 7) is 0. The van der Waals surface area contributed by atoms with Crippen molar-refractivity contribution < 1.29 is 9.59 Å². The van der Waals surface area contributed by atoms with E-state index >= 15 is 0 Å². The molecule has 0 radical (unpaired) electrons. The minimum Gasteiger partial charge on any atom is -0.337 e. The molecular weight excluding hydrogens is 416 g/mol. The van der Waals surface area contributed by atoms with Crippen molar-refractivity contribution in [1.82, 2.24) is 19.9 Å². The molecule has 0 unspecified atom stereocenters. The van der Waals surface area contributed by atoms with E-state index in [4.69, 9.17) is 0 Å². The Bertz CT molecular complexity index is 1430. The number of anilines is 2. The molecule has 160 valence electrons. The summed E-state index contributed by atoms with van der Waals surface area (Å²) in [7, 11) is 0. The molecule has 0 aliphatic rings. The number of aromatic amines is 1. The lowest BCUT2D eigenvalue weighted by atomic mass is 10.1. The van der Waals surface area contributed by atoms with Gasteiger partial charge in [-0.2, -0.15) is 0 Å². The van der Waals surface area contributed by atoms with Crippen LogP contribution in [-0.2, 0) is 0 Å². The molecule has 0 aliphatic heterocycles. The van der Waals surface area contributed by atoms with Crippen LogP contribution in [0, 0.1) is 0 Å². The maximum absolute atomic E-state index is 12.3.